The lowest BCUT2D eigenvalue weighted by Gasteiger charge is -2.32. The van der Waals surface area contributed by atoms with Gasteiger partial charge in [-0.1, -0.05) is 24.9 Å². The minimum Gasteiger partial charge on any atom is -0.487 e. The van der Waals surface area contributed by atoms with Crippen molar-refractivity contribution in [1.82, 2.24) is 9.29 Å². The summed E-state index contributed by atoms with van der Waals surface area (Å²) in [5.74, 6) is 0.774. The summed E-state index contributed by atoms with van der Waals surface area (Å²) in [6.45, 7) is 2.96. The molecule has 1 saturated heterocycles. The van der Waals surface area contributed by atoms with Crippen LogP contribution in [0.15, 0.2) is 18.5 Å². The summed E-state index contributed by atoms with van der Waals surface area (Å²) in [7, 11) is -3.17. The van der Waals surface area contributed by atoms with Gasteiger partial charge in [-0.25, -0.2) is 8.42 Å². The third-order valence-electron chi connectivity index (χ3n) is 3.52. The maximum Gasteiger partial charge on any atom is 0.214 e. The molecule has 0 bridgehead atoms. The van der Waals surface area contributed by atoms with Crippen molar-refractivity contribution in [3.05, 3.63) is 23.5 Å². The second-order valence-corrected chi connectivity index (χ2v) is 7.71. The van der Waals surface area contributed by atoms with Crippen LogP contribution < -0.4 is 4.74 Å². The zero-order valence-corrected chi connectivity index (χ0v) is 13.7. The van der Waals surface area contributed by atoms with Gasteiger partial charge in [-0.05, 0) is 19.3 Å². The molecule has 0 radical (unpaired) electrons. The molecule has 1 atom stereocenters. The molecule has 118 valence electrons. The number of hydrogen-bond donors (Lipinski definition) is 0. The number of ether oxygens (including phenoxy) is 1. The van der Waals surface area contributed by atoms with Crippen LogP contribution in [0.1, 0.15) is 32.6 Å². The van der Waals surface area contributed by atoms with E-state index in [2.05, 4.69) is 4.98 Å². The molecule has 2 heterocycles. The normalized spacial score (nSPS) is 20.4. The van der Waals surface area contributed by atoms with E-state index in [1.807, 2.05) is 6.92 Å². The van der Waals surface area contributed by atoms with E-state index in [0.717, 1.165) is 19.3 Å². The first-order chi connectivity index (χ1) is 10.0. The van der Waals surface area contributed by atoms with Gasteiger partial charge in [-0.2, -0.15) is 4.31 Å². The van der Waals surface area contributed by atoms with Crippen molar-refractivity contribution in [2.45, 2.75) is 38.7 Å². The van der Waals surface area contributed by atoms with Gasteiger partial charge in [0.15, 0.2) is 0 Å². The monoisotopic (exact) mass is 332 g/mol. The van der Waals surface area contributed by atoms with E-state index in [4.69, 9.17) is 16.3 Å². The number of aromatic nitrogens is 1. The standard InChI is InChI=1S/C14H21ClN2O3S/c1-2-3-9-21(18,19)17-8-4-5-12(11-17)20-14-6-7-16-10-13(14)15/h6-7,10,12H,2-5,8-9,11H2,1H3. The molecular formula is C14H21ClN2O3S. The highest BCUT2D eigenvalue weighted by Crippen LogP contribution is 2.26. The number of halogens is 1. The van der Waals surface area contributed by atoms with Crippen molar-refractivity contribution in [3.63, 3.8) is 0 Å². The minimum absolute atomic E-state index is 0.157. The van der Waals surface area contributed by atoms with E-state index in [1.54, 1.807) is 16.6 Å². The first-order valence-electron chi connectivity index (χ1n) is 7.27. The fraction of sp³-hybridized carbons (Fsp3) is 0.643. The number of rotatable bonds is 6. The van der Waals surface area contributed by atoms with E-state index in [9.17, 15) is 8.42 Å². The van der Waals surface area contributed by atoms with Crippen molar-refractivity contribution < 1.29 is 13.2 Å². The van der Waals surface area contributed by atoms with Crippen molar-refractivity contribution in [1.29, 1.82) is 0 Å². The Kier molecular flexibility index (Phi) is 5.84. The van der Waals surface area contributed by atoms with Crippen molar-refractivity contribution in [2.75, 3.05) is 18.8 Å². The SMILES string of the molecule is CCCCS(=O)(=O)N1CCCC(Oc2ccncc2Cl)C1. The van der Waals surface area contributed by atoms with Crippen LogP contribution in [0.4, 0.5) is 0 Å². The molecule has 0 N–H and O–H groups in total. The lowest BCUT2D eigenvalue weighted by Crippen LogP contribution is -2.45. The predicted molar refractivity (Wildman–Crippen MR) is 83.2 cm³/mol. The van der Waals surface area contributed by atoms with Gasteiger partial charge in [0.25, 0.3) is 0 Å². The largest absolute Gasteiger partial charge is 0.487 e. The van der Waals surface area contributed by atoms with Crippen LogP contribution in [0.5, 0.6) is 5.75 Å². The molecule has 0 aromatic carbocycles. The Balaban J connectivity index is 1.99. The quantitative estimate of drug-likeness (QED) is 0.803. The molecule has 1 aliphatic heterocycles. The van der Waals surface area contributed by atoms with E-state index >= 15 is 0 Å². The topological polar surface area (TPSA) is 59.5 Å². The summed E-state index contributed by atoms with van der Waals surface area (Å²) in [4.78, 5) is 3.91. The van der Waals surface area contributed by atoms with Gasteiger partial charge >= 0.3 is 0 Å². The Morgan fingerprint density at radius 1 is 1.52 bits per heavy atom. The molecule has 21 heavy (non-hydrogen) atoms. The zero-order chi connectivity index (χ0) is 15.3. The summed E-state index contributed by atoms with van der Waals surface area (Å²) in [6.07, 6.45) is 6.18. The van der Waals surface area contributed by atoms with Crippen LogP contribution in [-0.2, 0) is 10.0 Å². The minimum atomic E-state index is -3.17. The summed E-state index contributed by atoms with van der Waals surface area (Å²) in [6, 6.07) is 1.70. The first-order valence-corrected chi connectivity index (χ1v) is 9.25. The molecule has 1 fully saturated rings. The number of piperidine rings is 1. The summed E-state index contributed by atoms with van der Waals surface area (Å²) in [5.41, 5.74) is 0. The lowest BCUT2D eigenvalue weighted by atomic mass is 10.1. The van der Waals surface area contributed by atoms with Crippen LogP contribution >= 0.6 is 11.6 Å². The zero-order valence-electron chi connectivity index (χ0n) is 12.2. The summed E-state index contributed by atoms with van der Waals surface area (Å²) < 4.78 is 31.9. The molecule has 1 aliphatic rings. The Labute approximate surface area is 131 Å². The van der Waals surface area contributed by atoms with Crippen LogP contribution in [0.25, 0.3) is 0 Å². The van der Waals surface area contributed by atoms with Gasteiger partial charge < -0.3 is 4.74 Å². The highest BCUT2D eigenvalue weighted by atomic mass is 35.5. The number of unbranched alkanes of at least 4 members (excludes halogenated alkanes) is 1. The highest BCUT2D eigenvalue weighted by Gasteiger charge is 2.29. The maximum absolute atomic E-state index is 12.2. The third-order valence-corrected chi connectivity index (χ3v) is 5.73. The number of pyridine rings is 1. The average Bonchev–Trinajstić information content (AvgIpc) is 2.48. The van der Waals surface area contributed by atoms with Crippen molar-refractivity contribution >= 4 is 21.6 Å². The Bertz CT molecular complexity index is 565. The molecule has 1 unspecified atom stereocenters. The van der Waals surface area contributed by atoms with Gasteiger partial charge in [-0.15, -0.1) is 0 Å². The molecule has 0 aliphatic carbocycles. The Morgan fingerprint density at radius 3 is 3.05 bits per heavy atom. The van der Waals surface area contributed by atoms with Gasteiger partial charge in [0.05, 0.1) is 12.3 Å². The second kappa shape index (κ2) is 7.42. The van der Waals surface area contributed by atoms with Crippen LogP contribution in [0.3, 0.4) is 0 Å². The van der Waals surface area contributed by atoms with Gasteiger partial charge in [0.1, 0.15) is 16.9 Å². The molecule has 5 nitrogen and oxygen atoms in total. The fourth-order valence-corrected chi connectivity index (χ4v) is 4.22. The average molecular weight is 333 g/mol. The number of sulfonamides is 1. The lowest BCUT2D eigenvalue weighted by molar-refractivity contribution is 0.130. The molecule has 0 saturated carbocycles. The Morgan fingerprint density at radius 2 is 2.33 bits per heavy atom. The molecule has 1 aromatic heterocycles. The summed E-state index contributed by atoms with van der Waals surface area (Å²) in [5, 5.41) is 0.448. The fourth-order valence-electron chi connectivity index (χ4n) is 2.35. The maximum atomic E-state index is 12.2. The van der Waals surface area contributed by atoms with Crippen LogP contribution in [0.2, 0.25) is 5.02 Å². The smallest absolute Gasteiger partial charge is 0.214 e. The van der Waals surface area contributed by atoms with Gasteiger partial charge in [0, 0.05) is 25.0 Å². The van der Waals surface area contributed by atoms with Gasteiger partial charge in [-0.3, -0.25) is 4.98 Å². The molecule has 2 rings (SSSR count). The second-order valence-electron chi connectivity index (χ2n) is 5.22. The molecule has 7 heteroatoms. The Hall–Kier alpha value is -0.850. The molecule has 1 aromatic rings. The van der Waals surface area contributed by atoms with E-state index < -0.39 is 10.0 Å². The van der Waals surface area contributed by atoms with E-state index in [0.29, 0.717) is 30.3 Å². The molecule has 0 amide bonds. The van der Waals surface area contributed by atoms with Crippen LogP contribution in [-0.4, -0.2) is 42.7 Å². The summed E-state index contributed by atoms with van der Waals surface area (Å²) >= 11 is 6.02. The number of hydrogen-bond acceptors (Lipinski definition) is 4. The van der Waals surface area contributed by atoms with E-state index in [1.165, 1.54) is 6.20 Å². The number of nitrogens with zero attached hydrogens (tertiary/aromatic N) is 2. The molecule has 0 spiro atoms. The van der Waals surface area contributed by atoms with Crippen molar-refractivity contribution in [3.8, 4) is 5.75 Å². The van der Waals surface area contributed by atoms with Gasteiger partial charge in [0.2, 0.25) is 10.0 Å². The third kappa shape index (κ3) is 4.56. The van der Waals surface area contributed by atoms with Crippen molar-refractivity contribution in [2.24, 2.45) is 0 Å². The first kappa shape index (κ1) is 16.5. The molecular weight excluding hydrogens is 312 g/mol. The van der Waals surface area contributed by atoms with E-state index in [-0.39, 0.29) is 11.9 Å². The predicted octanol–water partition coefficient (Wildman–Crippen LogP) is 2.71. The highest BCUT2D eigenvalue weighted by molar-refractivity contribution is 7.89. The van der Waals surface area contributed by atoms with Crippen LogP contribution in [0, 0.1) is 0 Å².